The summed E-state index contributed by atoms with van der Waals surface area (Å²) in [4.78, 5) is 12.0. The maximum Gasteiger partial charge on any atom is 0.176 e. The quantitative estimate of drug-likeness (QED) is 0.621. The number of phenolic OH excluding ortho intramolecular Hbond substituents is 1. The molecule has 25 heavy (non-hydrogen) atoms. The van der Waals surface area contributed by atoms with Crippen LogP contribution >= 0.6 is 0 Å². The second-order valence-corrected chi connectivity index (χ2v) is 6.96. The molecule has 0 aromatic heterocycles. The molecule has 0 saturated heterocycles. The lowest BCUT2D eigenvalue weighted by Gasteiger charge is -2.25. The molecule has 1 aliphatic carbocycles. The van der Waals surface area contributed by atoms with Crippen LogP contribution in [-0.2, 0) is 4.79 Å². The molecular formula is C22H31NO2. The fourth-order valence-electron chi connectivity index (χ4n) is 3.39. The van der Waals surface area contributed by atoms with E-state index >= 15 is 0 Å². The standard InChI is InChI=1S/C22H31NO2/c1-2-3-4-5-6-7-8-11-17-14-15-21(25)22(23)19(17)16-18-12-9-10-13-20(18)24/h9-10,12-17,22,24H,2-8,11,23H2,1H3. The van der Waals surface area contributed by atoms with Crippen molar-refractivity contribution in [1.29, 1.82) is 0 Å². The molecule has 0 bridgehead atoms. The van der Waals surface area contributed by atoms with Crippen molar-refractivity contribution in [1.82, 2.24) is 0 Å². The third kappa shape index (κ3) is 5.86. The van der Waals surface area contributed by atoms with Gasteiger partial charge in [0.1, 0.15) is 5.75 Å². The van der Waals surface area contributed by atoms with Gasteiger partial charge in [0.2, 0.25) is 0 Å². The molecule has 1 aromatic rings. The maximum atomic E-state index is 12.0. The van der Waals surface area contributed by atoms with Gasteiger partial charge in [0.05, 0.1) is 6.04 Å². The highest BCUT2D eigenvalue weighted by molar-refractivity contribution is 5.99. The Morgan fingerprint density at radius 3 is 2.48 bits per heavy atom. The number of ketones is 1. The molecule has 136 valence electrons. The minimum Gasteiger partial charge on any atom is -0.507 e. The minimum absolute atomic E-state index is 0.0579. The number of aromatic hydroxyl groups is 1. The Labute approximate surface area is 151 Å². The number of allylic oxidation sites excluding steroid dienone is 1. The van der Waals surface area contributed by atoms with E-state index in [4.69, 9.17) is 5.73 Å². The van der Waals surface area contributed by atoms with Crippen molar-refractivity contribution in [2.75, 3.05) is 0 Å². The Kier molecular flexibility index (Phi) is 7.93. The van der Waals surface area contributed by atoms with Crippen LogP contribution < -0.4 is 5.73 Å². The summed E-state index contributed by atoms with van der Waals surface area (Å²) in [6, 6.07) is 6.58. The SMILES string of the molecule is CCCCCCCCCC1C=CC(=O)C(N)C1=Cc1ccccc1O. The number of benzene rings is 1. The first-order valence-electron chi connectivity index (χ1n) is 9.60. The van der Waals surface area contributed by atoms with Crippen molar-refractivity contribution in [2.45, 2.75) is 64.3 Å². The lowest BCUT2D eigenvalue weighted by atomic mass is 9.81. The molecule has 2 rings (SSSR count). The zero-order valence-electron chi connectivity index (χ0n) is 15.3. The van der Waals surface area contributed by atoms with Crippen molar-refractivity contribution in [2.24, 2.45) is 11.7 Å². The predicted octanol–water partition coefficient (Wildman–Crippen LogP) is 5.00. The monoisotopic (exact) mass is 341 g/mol. The number of rotatable bonds is 9. The molecule has 0 aliphatic heterocycles. The van der Waals surface area contributed by atoms with E-state index in [-0.39, 0.29) is 17.5 Å². The lowest BCUT2D eigenvalue weighted by molar-refractivity contribution is -0.115. The number of hydrogen-bond donors (Lipinski definition) is 2. The molecule has 0 saturated carbocycles. The van der Waals surface area contributed by atoms with Crippen LogP contribution in [0.2, 0.25) is 0 Å². The third-order valence-corrected chi connectivity index (χ3v) is 4.96. The Bertz CT molecular complexity index is 618. The zero-order chi connectivity index (χ0) is 18.1. The molecule has 0 heterocycles. The summed E-state index contributed by atoms with van der Waals surface area (Å²) in [6.45, 7) is 2.23. The van der Waals surface area contributed by atoms with Gasteiger partial charge in [-0.3, -0.25) is 4.79 Å². The topological polar surface area (TPSA) is 63.3 Å². The lowest BCUT2D eigenvalue weighted by Crippen LogP contribution is -2.36. The number of nitrogens with two attached hydrogens (primary N) is 1. The summed E-state index contributed by atoms with van der Waals surface area (Å²) in [6.07, 6.45) is 15.4. The molecule has 0 spiro atoms. The van der Waals surface area contributed by atoms with Crippen molar-refractivity contribution in [3.05, 3.63) is 47.6 Å². The number of hydrogen-bond acceptors (Lipinski definition) is 3. The highest BCUT2D eigenvalue weighted by atomic mass is 16.3. The molecule has 3 nitrogen and oxygen atoms in total. The Morgan fingerprint density at radius 1 is 1.08 bits per heavy atom. The summed E-state index contributed by atoms with van der Waals surface area (Å²) in [5, 5.41) is 10.0. The highest BCUT2D eigenvalue weighted by Crippen LogP contribution is 2.30. The van der Waals surface area contributed by atoms with Crippen molar-refractivity contribution < 1.29 is 9.90 Å². The van der Waals surface area contributed by atoms with E-state index in [0.29, 0.717) is 0 Å². The molecule has 1 aromatic carbocycles. The van der Waals surface area contributed by atoms with Crippen LogP contribution in [-0.4, -0.2) is 16.9 Å². The molecule has 0 amide bonds. The fourth-order valence-corrected chi connectivity index (χ4v) is 3.39. The van der Waals surface area contributed by atoms with E-state index in [1.54, 1.807) is 18.2 Å². The van der Waals surface area contributed by atoms with Crippen LogP contribution in [0.3, 0.4) is 0 Å². The molecule has 2 atom stereocenters. The first-order chi connectivity index (χ1) is 12.1. The van der Waals surface area contributed by atoms with Crippen LogP contribution in [0.25, 0.3) is 6.08 Å². The van der Waals surface area contributed by atoms with Gasteiger partial charge in [-0.15, -0.1) is 0 Å². The molecule has 0 fully saturated rings. The first-order valence-corrected chi connectivity index (χ1v) is 9.60. The summed E-state index contributed by atoms with van der Waals surface area (Å²) >= 11 is 0. The van der Waals surface area contributed by atoms with Crippen LogP contribution in [0.15, 0.2) is 42.0 Å². The average molecular weight is 341 g/mol. The molecule has 1 aliphatic rings. The van der Waals surface area contributed by atoms with E-state index in [2.05, 4.69) is 6.92 Å². The third-order valence-electron chi connectivity index (χ3n) is 4.96. The van der Waals surface area contributed by atoms with E-state index < -0.39 is 6.04 Å². The van der Waals surface area contributed by atoms with Gasteiger partial charge in [0.15, 0.2) is 5.78 Å². The maximum absolute atomic E-state index is 12.0. The summed E-state index contributed by atoms with van der Waals surface area (Å²) in [5.41, 5.74) is 7.78. The van der Waals surface area contributed by atoms with Gasteiger partial charge in [-0.1, -0.05) is 76.1 Å². The highest BCUT2D eigenvalue weighted by Gasteiger charge is 2.26. The fraction of sp³-hybridized carbons (Fsp3) is 0.500. The normalized spacial score (nSPS) is 21.8. The second kappa shape index (κ2) is 10.2. The van der Waals surface area contributed by atoms with Gasteiger partial charge in [-0.2, -0.15) is 0 Å². The van der Waals surface area contributed by atoms with Crippen LogP contribution in [0.5, 0.6) is 5.75 Å². The summed E-state index contributed by atoms with van der Waals surface area (Å²) in [5.74, 6) is 0.347. The van der Waals surface area contributed by atoms with E-state index in [1.165, 1.54) is 38.5 Å². The number of phenols is 1. The first kappa shape index (κ1) is 19.5. The molecule has 2 unspecified atom stereocenters. The number of para-hydroxylation sites is 1. The van der Waals surface area contributed by atoms with Gasteiger partial charge in [0.25, 0.3) is 0 Å². The number of carbonyl (C=O) groups is 1. The summed E-state index contributed by atoms with van der Waals surface area (Å²) in [7, 11) is 0. The number of carbonyl (C=O) groups excluding carboxylic acids is 1. The molecule has 0 radical (unpaired) electrons. The van der Waals surface area contributed by atoms with Crippen molar-refractivity contribution >= 4 is 11.9 Å². The molecular weight excluding hydrogens is 310 g/mol. The molecule has 3 N–H and O–H groups in total. The van der Waals surface area contributed by atoms with Crippen molar-refractivity contribution in [3.8, 4) is 5.75 Å². The van der Waals surface area contributed by atoms with Crippen LogP contribution in [0, 0.1) is 5.92 Å². The van der Waals surface area contributed by atoms with Crippen LogP contribution in [0.4, 0.5) is 0 Å². The van der Waals surface area contributed by atoms with Crippen molar-refractivity contribution in [3.63, 3.8) is 0 Å². The Hall–Kier alpha value is -1.87. The zero-order valence-corrected chi connectivity index (χ0v) is 15.3. The van der Waals surface area contributed by atoms with Gasteiger partial charge in [-0.25, -0.2) is 0 Å². The Morgan fingerprint density at radius 2 is 1.76 bits per heavy atom. The Balaban J connectivity index is 1.98. The van der Waals surface area contributed by atoms with Gasteiger partial charge in [-0.05, 0) is 30.2 Å². The van der Waals surface area contributed by atoms with Gasteiger partial charge in [0, 0.05) is 11.5 Å². The summed E-state index contributed by atoms with van der Waals surface area (Å²) < 4.78 is 0. The molecule has 3 heteroatoms. The van der Waals surface area contributed by atoms with E-state index in [9.17, 15) is 9.90 Å². The van der Waals surface area contributed by atoms with E-state index in [1.807, 2.05) is 24.3 Å². The number of unbranched alkanes of at least 4 members (excludes halogenated alkanes) is 6. The minimum atomic E-state index is -0.598. The predicted molar refractivity (Wildman–Crippen MR) is 104 cm³/mol. The second-order valence-electron chi connectivity index (χ2n) is 6.96. The smallest absolute Gasteiger partial charge is 0.176 e. The van der Waals surface area contributed by atoms with E-state index in [0.717, 1.165) is 24.0 Å². The largest absolute Gasteiger partial charge is 0.507 e. The average Bonchev–Trinajstić information content (AvgIpc) is 2.61. The van der Waals surface area contributed by atoms with Gasteiger partial charge >= 0.3 is 0 Å². The van der Waals surface area contributed by atoms with Crippen LogP contribution in [0.1, 0.15) is 63.9 Å². The van der Waals surface area contributed by atoms with Gasteiger partial charge < -0.3 is 10.8 Å².